The number of rotatable bonds is 6. The second-order valence-electron chi connectivity index (χ2n) is 5.35. The standard InChI is InChI=1S/C15H22N2S/c1-11-3-4-12(2)13(9-11)10-17(14-5-6-14)8-7-15(16)18/h3-4,9,14H,5-8,10H2,1-2H3,(H2,16,18). The van der Waals surface area contributed by atoms with Gasteiger partial charge in [0, 0.05) is 25.6 Å². The number of nitrogens with zero attached hydrogens (tertiary/aromatic N) is 1. The van der Waals surface area contributed by atoms with Gasteiger partial charge in [-0.2, -0.15) is 0 Å². The van der Waals surface area contributed by atoms with E-state index < -0.39 is 0 Å². The van der Waals surface area contributed by atoms with Crippen molar-refractivity contribution in [1.82, 2.24) is 4.90 Å². The molecule has 1 fully saturated rings. The molecule has 0 heterocycles. The van der Waals surface area contributed by atoms with Gasteiger partial charge in [-0.15, -0.1) is 0 Å². The molecule has 2 rings (SSSR count). The summed E-state index contributed by atoms with van der Waals surface area (Å²) in [5.74, 6) is 0. The Morgan fingerprint density at radius 2 is 2.11 bits per heavy atom. The van der Waals surface area contributed by atoms with Crippen molar-refractivity contribution in [3.63, 3.8) is 0 Å². The van der Waals surface area contributed by atoms with Crippen molar-refractivity contribution in [3.05, 3.63) is 34.9 Å². The maximum Gasteiger partial charge on any atom is 0.0740 e. The molecule has 0 aromatic heterocycles. The summed E-state index contributed by atoms with van der Waals surface area (Å²) in [6.07, 6.45) is 3.47. The van der Waals surface area contributed by atoms with Gasteiger partial charge in [0.2, 0.25) is 0 Å². The molecule has 0 radical (unpaired) electrons. The molecule has 2 nitrogen and oxygen atoms in total. The molecular weight excluding hydrogens is 240 g/mol. The molecule has 18 heavy (non-hydrogen) atoms. The first-order chi connectivity index (χ1) is 8.56. The first-order valence-corrected chi connectivity index (χ1v) is 7.05. The van der Waals surface area contributed by atoms with Crippen LogP contribution in [0.3, 0.4) is 0 Å². The summed E-state index contributed by atoms with van der Waals surface area (Å²) in [6.45, 7) is 6.36. The van der Waals surface area contributed by atoms with Gasteiger partial charge in [-0.1, -0.05) is 36.0 Å². The largest absolute Gasteiger partial charge is 0.393 e. The van der Waals surface area contributed by atoms with Crippen LogP contribution in [0.4, 0.5) is 0 Å². The molecule has 0 atom stereocenters. The Labute approximate surface area is 115 Å². The van der Waals surface area contributed by atoms with Crippen molar-refractivity contribution in [1.29, 1.82) is 0 Å². The second kappa shape index (κ2) is 5.81. The molecule has 1 aliphatic rings. The van der Waals surface area contributed by atoms with E-state index in [1.807, 2.05) is 0 Å². The van der Waals surface area contributed by atoms with Crippen LogP contribution < -0.4 is 5.73 Å². The van der Waals surface area contributed by atoms with Gasteiger partial charge in [0.1, 0.15) is 0 Å². The molecule has 3 heteroatoms. The molecule has 98 valence electrons. The Hall–Kier alpha value is -0.930. The molecule has 1 aromatic rings. The van der Waals surface area contributed by atoms with E-state index >= 15 is 0 Å². The highest BCUT2D eigenvalue weighted by molar-refractivity contribution is 7.80. The average Bonchev–Trinajstić information content (AvgIpc) is 3.12. The van der Waals surface area contributed by atoms with Crippen LogP contribution in [0.2, 0.25) is 0 Å². The Bertz CT molecular complexity index is 438. The minimum absolute atomic E-state index is 0.626. The highest BCUT2D eigenvalue weighted by atomic mass is 32.1. The van der Waals surface area contributed by atoms with E-state index in [4.69, 9.17) is 18.0 Å². The maximum absolute atomic E-state index is 5.61. The second-order valence-corrected chi connectivity index (χ2v) is 5.87. The monoisotopic (exact) mass is 262 g/mol. The lowest BCUT2D eigenvalue weighted by Crippen LogP contribution is -2.29. The topological polar surface area (TPSA) is 29.3 Å². The van der Waals surface area contributed by atoms with Crippen molar-refractivity contribution < 1.29 is 0 Å². The smallest absolute Gasteiger partial charge is 0.0740 e. The summed E-state index contributed by atoms with van der Waals surface area (Å²) < 4.78 is 0. The van der Waals surface area contributed by atoms with Crippen molar-refractivity contribution in [2.45, 2.75) is 45.7 Å². The first-order valence-electron chi connectivity index (χ1n) is 6.65. The minimum Gasteiger partial charge on any atom is -0.393 e. The van der Waals surface area contributed by atoms with Crippen molar-refractivity contribution >= 4 is 17.2 Å². The van der Waals surface area contributed by atoms with E-state index in [0.29, 0.717) is 4.99 Å². The van der Waals surface area contributed by atoms with Gasteiger partial charge < -0.3 is 5.73 Å². The predicted molar refractivity (Wildman–Crippen MR) is 80.8 cm³/mol. The zero-order valence-electron chi connectivity index (χ0n) is 11.3. The normalized spacial score (nSPS) is 15.1. The molecule has 1 saturated carbocycles. The van der Waals surface area contributed by atoms with E-state index in [9.17, 15) is 0 Å². The van der Waals surface area contributed by atoms with Gasteiger partial charge in [0.25, 0.3) is 0 Å². The van der Waals surface area contributed by atoms with Gasteiger partial charge in [-0.3, -0.25) is 4.90 Å². The summed E-state index contributed by atoms with van der Waals surface area (Å²) in [6, 6.07) is 7.43. The predicted octanol–water partition coefficient (Wildman–Crippen LogP) is 2.94. The molecule has 0 amide bonds. The van der Waals surface area contributed by atoms with E-state index in [2.05, 4.69) is 36.9 Å². The van der Waals surface area contributed by atoms with Crippen molar-refractivity contribution in [2.75, 3.05) is 6.54 Å². The fraction of sp³-hybridized carbons (Fsp3) is 0.533. The molecule has 0 saturated heterocycles. The Morgan fingerprint density at radius 3 is 2.72 bits per heavy atom. The highest BCUT2D eigenvalue weighted by Gasteiger charge is 2.28. The Morgan fingerprint density at radius 1 is 1.39 bits per heavy atom. The molecule has 0 spiro atoms. The number of nitrogens with two attached hydrogens (primary N) is 1. The van der Waals surface area contributed by atoms with E-state index in [1.165, 1.54) is 29.5 Å². The molecular formula is C15H22N2S. The van der Waals surface area contributed by atoms with Crippen LogP contribution >= 0.6 is 12.2 Å². The van der Waals surface area contributed by atoms with Gasteiger partial charge >= 0.3 is 0 Å². The minimum atomic E-state index is 0.626. The van der Waals surface area contributed by atoms with Gasteiger partial charge in [-0.05, 0) is 37.8 Å². The summed E-state index contributed by atoms with van der Waals surface area (Å²) >= 11 is 4.98. The zero-order chi connectivity index (χ0) is 13.1. The summed E-state index contributed by atoms with van der Waals surface area (Å²) in [7, 11) is 0. The molecule has 0 unspecified atom stereocenters. The Balaban J connectivity index is 2.03. The molecule has 0 bridgehead atoms. The molecule has 0 aliphatic heterocycles. The summed E-state index contributed by atoms with van der Waals surface area (Å²) in [5.41, 5.74) is 9.76. The fourth-order valence-electron chi connectivity index (χ4n) is 2.27. The lowest BCUT2D eigenvalue weighted by molar-refractivity contribution is 0.262. The van der Waals surface area contributed by atoms with E-state index in [1.54, 1.807) is 0 Å². The third-order valence-electron chi connectivity index (χ3n) is 3.59. The lowest BCUT2D eigenvalue weighted by atomic mass is 10.1. The van der Waals surface area contributed by atoms with Crippen LogP contribution in [0.1, 0.15) is 36.0 Å². The van der Waals surface area contributed by atoms with Crippen LogP contribution in [0.15, 0.2) is 18.2 Å². The van der Waals surface area contributed by atoms with E-state index in [0.717, 1.165) is 25.6 Å². The SMILES string of the molecule is Cc1ccc(C)c(CN(CCC(N)=S)C2CC2)c1. The number of benzene rings is 1. The summed E-state index contributed by atoms with van der Waals surface area (Å²) in [5, 5.41) is 0. The first kappa shape index (κ1) is 13.5. The Kier molecular flexibility index (Phi) is 4.36. The highest BCUT2D eigenvalue weighted by Crippen LogP contribution is 2.29. The third-order valence-corrected chi connectivity index (χ3v) is 3.79. The van der Waals surface area contributed by atoms with Crippen LogP contribution in [0.5, 0.6) is 0 Å². The molecule has 1 aliphatic carbocycles. The number of aryl methyl sites for hydroxylation is 2. The van der Waals surface area contributed by atoms with Crippen molar-refractivity contribution in [2.24, 2.45) is 5.73 Å². The van der Waals surface area contributed by atoms with Crippen LogP contribution in [-0.2, 0) is 6.54 Å². The van der Waals surface area contributed by atoms with E-state index in [-0.39, 0.29) is 0 Å². The molecule has 2 N–H and O–H groups in total. The van der Waals surface area contributed by atoms with Crippen LogP contribution in [-0.4, -0.2) is 22.5 Å². The number of hydrogen-bond acceptors (Lipinski definition) is 2. The fourth-order valence-corrected chi connectivity index (χ4v) is 2.36. The number of hydrogen-bond donors (Lipinski definition) is 1. The lowest BCUT2D eigenvalue weighted by Gasteiger charge is -2.23. The van der Waals surface area contributed by atoms with Gasteiger partial charge in [-0.25, -0.2) is 0 Å². The van der Waals surface area contributed by atoms with Crippen LogP contribution in [0.25, 0.3) is 0 Å². The van der Waals surface area contributed by atoms with Gasteiger partial charge in [0.05, 0.1) is 4.99 Å². The quantitative estimate of drug-likeness (QED) is 0.799. The van der Waals surface area contributed by atoms with Gasteiger partial charge in [0.15, 0.2) is 0 Å². The average molecular weight is 262 g/mol. The molecule has 1 aromatic carbocycles. The van der Waals surface area contributed by atoms with Crippen molar-refractivity contribution in [3.8, 4) is 0 Å². The van der Waals surface area contributed by atoms with Crippen LogP contribution in [0, 0.1) is 13.8 Å². The summed E-state index contributed by atoms with van der Waals surface area (Å²) in [4.78, 5) is 3.16. The maximum atomic E-state index is 5.61. The third kappa shape index (κ3) is 3.79. The zero-order valence-corrected chi connectivity index (χ0v) is 12.1. The number of thiocarbonyl (C=S) groups is 1.